The lowest BCUT2D eigenvalue weighted by atomic mass is 10.1. The van der Waals surface area contributed by atoms with Crippen LogP contribution in [0.5, 0.6) is 5.75 Å². The second kappa shape index (κ2) is 6.93. The summed E-state index contributed by atoms with van der Waals surface area (Å²) in [4.78, 5) is 26.3. The molecule has 0 radical (unpaired) electrons. The second-order valence-electron chi connectivity index (χ2n) is 5.57. The van der Waals surface area contributed by atoms with Crippen molar-refractivity contribution in [3.8, 4) is 5.75 Å². The summed E-state index contributed by atoms with van der Waals surface area (Å²) in [6, 6.07) is 14.2. The summed E-state index contributed by atoms with van der Waals surface area (Å²) in [7, 11) is 1.59. The summed E-state index contributed by atoms with van der Waals surface area (Å²) < 4.78 is 5.12. The number of halogens is 1. The van der Waals surface area contributed by atoms with Gasteiger partial charge in [0, 0.05) is 18.7 Å². The molecule has 1 aliphatic rings. The van der Waals surface area contributed by atoms with Gasteiger partial charge in [0.15, 0.2) is 0 Å². The van der Waals surface area contributed by atoms with E-state index < -0.39 is 5.92 Å². The Hall–Kier alpha value is -2.53. The molecule has 0 aliphatic carbocycles. The number of nitrogens with zero attached hydrogens (tertiary/aromatic N) is 1. The monoisotopic (exact) mass is 344 g/mol. The Labute approximate surface area is 145 Å². The minimum absolute atomic E-state index is 0.0699. The number of hydrogen-bond donors (Lipinski definition) is 1. The van der Waals surface area contributed by atoms with Crippen LogP contribution < -0.4 is 15.0 Å². The molecule has 1 saturated heterocycles. The first-order valence-corrected chi connectivity index (χ1v) is 7.96. The number of rotatable bonds is 4. The van der Waals surface area contributed by atoms with Crippen molar-refractivity contribution < 1.29 is 14.3 Å². The van der Waals surface area contributed by atoms with Crippen LogP contribution in [0.15, 0.2) is 48.5 Å². The highest BCUT2D eigenvalue weighted by Gasteiger charge is 2.35. The zero-order valence-corrected chi connectivity index (χ0v) is 13.9. The number of carbonyl (C=O) groups excluding carboxylic acids is 2. The fraction of sp³-hybridized carbons (Fsp3) is 0.222. The third kappa shape index (κ3) is 3.36. The van der Waals surface area contributed by atoms with Crippen molar-refractivity contribution >= 4 is 34.8 Å². The van der Waals surface area contributed by atoms with Crippen molar-refractivity contribution in [1.82, 2.24) is 0 Å². The van der Waals surface area contributed by atoms with E-state index in [2.05, 4.69) is 5.32 Å². The van der Waals surface area contributed by atoms with Crippen LogP contribution in [0.4, 0.5) is 11.4 Å². The molecule has 0 saturated carbocycles. The van der Waals surface area contributed by atoms with Crippen molar-refractivity contribution in [2.75, 3.05) is 23.9 Å². The van der Waals surface area contributed by atoms with Gasteiger partial charge in [-0.2, -0.15) is 0 Å². The molecule has 24 heavy (non-hydrogen) atoms. The van der Waals surface area contributed by atoms with Gasteiger partial charge in [0.05, 0.1) is 23.7 Å². The molecule has 2 aromatic rings. The van der Waals surface area contributed by atoms with E-state index in [-0.39, 0.29) is 18.2 Å². The van der Waals surface area contributed by atoms with Crippen LogP contribution in [0.3, 0.4) is 0 Å². The normalized spacial score (nSPS) is 17.0. The van der Waals surface area contributed by atoms with Gasteiger partial charge in [0.2, 0.25) is 11.8 Å². The maximum Gasteiger partial charge on any atom is 0.229 e. The van der Waals surface area contributed by atoms with Crippen LogP contribution in [0, 0.1) is 5.92 Å². The summed E-state index contributed by atoms with van der Waals surface area (Å²) in [5, 5.41) is 3.27. The van der Waals surface area contributed by atoms with Gasteiger partial charge in [0.25, 0.3) is 0 Å². The Morgan fingerprint density at radius 1 is 1.21 bits per heavy atom. The number of nitrogens with one attached hydrogen (secondary N) is 1. The number of para-hydroxylation sites is 1. The molecule has 1 atom stereocenters. The van der Waals surface area contributed by atoms with Gasteiger partial charge >= 0.3 is 0 Å². The molecular formula is C18H17ClN2O3. The zero-order chi connectivity index (χ0) is 17.1. The van der Waals surface area contributed by atoms with E-state index in [1.165, 1.54) is 0 Å². The predicted octanol–water partition coefficient (Wildman–Crippen LogP) is 3.34. The fourth-order valence-electron chi connectivity index (χ4n) is 2.69. The standard InChI is InChI=1S/C18H17ClN2O3/c1-24-14-8-6-13(7-9-14)21-11-12(10-17(21)22)18(23)20-16-5-3-2-4-15(16)19/h2-9,12H,10-11H2,1H3,(H,20,23)/t12-/m1/s1. The van der Waals surface area contributed by atoms with Crippen molar-refractivity contribution in [1.29, 1.82) is 0 Å². The number of ether oxygens (including phenoxy) is 1. The largest absolute Gasteiger partial charge is 0.497 e. The minimum Gasteiger partial charge on any atom is -0.497 e. The molecule has 0 spiro atoms. The number of hydrogen-bond acceptors (Lipinski definition) is 3. The third-order valence-corrected chi connectivity index (χ3v) is 4.34. The Kier molecular flexibility index (Phi) is 4.71. The van der Waals surface area contributed by atoms with Gasteiger partial charge in [-0.05, 0) is 36.4 Å². The van der Waals surface area contributed by atoms with Crippen LogP contribution in [0.1, 0.15) is 6.42 Å². The van der Waals surface area contributed by atoms with Gasteiger partial charge in [0.1, 0.15) is 5.75 Å². The van der Waals surface area contributed by atoms with Gasteiger partial charge in [-0.3, -0.25) is 9.59 Å². The first kappa shape index (κ1) is 16.3. The lowest BCUT2D eigenvalue weighted by Gasteiger charge is -2.17. The summed E-state index contributed by atoms with van der Waals surface area (Å²) in [5.41, 5.74) is 1.31. The number of anilines is 2. The quantitative estimate of drug-likeness (QED) is 0.925. The summed E-state index contributed by atoms with van der Waals surface area (Å²) >= 11 is 6.05. The van der Waals surface area contributed by atoms with E-state index >= 15 is 0 Å². The Bertz CT molecular complexity index is 761. The predicted molar refractivity (Wildman–Crippen MR) is 93.5 cm³/mol. The van der Waals surface area contributed by atoms with Crippen molar-refractivity contribution in [3.05, 3.63) is 53.6 Å². The number of carbonyl (C=O) groups is 2. The smallest absolute Gasteiger partial charge is 0.229 e. The van der Waals surface area contributed by atoms with Gasteiger partial charge in [-0.1, -0.05) is 23.7 Å². The van der Waals surface area contributed by atoms with Crippen LogP contribution in [0.2, 0.25) is 5.02 Å². The molecule has 2 aromatic carbocycles. The number of amides is 2. The van der Waals surface area contributed by atoms with E-state index in [4.69, 9.17) is 16.3 Å². The Morgan fingerprint density at radius 3 is 2.58 bits per heavy atom. The van der Waals surface area contributed by atoms with Crippen molar-refractivity contribution in [2.24, 2.45) is 5.92 Å². The van der Waals surface area contributed by atoms with Crippen molar-refractivity contribution in [2.45, 2.75) is 6.42 Å². The molecule has 124 valence electrons. The van der Waals surface area contributed by atoms with Gasteiger partial charge in [-0.15, -0.1) is 0 Å². The number of benzene rings is 2. The summed E-state index contributed by atoms with van der Waals surface area (Å²) in [5.74, 6) is 0.0428. The Morgan fingerprint density at radius 2 is 1.92 bits per heavy atom. The molecule has 0 aromatic heterocycles. The molecule has 1 N–H and O–H groups in total. The van der Waals surface area contributed by atoms with Crippen LogP contribution in [0.25, 0.3) is 0 Å². The lowest BCUT2D eigenvalue weighted by Crippen LogP contribution is -2.28. The van der Waals surface area contributed by atoms with Crippen LogP contribution >= 0.6 is 11.6 Å². The molecule has 1 fully saturated rings. The van der Waals surface area contributed by atoms with E-state index in [0.717, 1.165) is 11.4 Å². The average molecular weight is 345 g/mol. The molecule has 1 aliphatic heterocycles. The zero-order valence-electron chi connectivity index (χ0n) is 13.2. The first-order valence-electron chi connectivity index (χ1n) is 7.58. The summed E-state index contributed by atoms with van der Waals surface area (Å²) in [6.07, 6.45) is 0.183. The highest BCUT2D eigenvalue weighted by molar-refractivity contribution is 6.33. The van der Waals surface area contributed by atoms with Gasteiger partial charge < -0.3 is 15.0 Å². The third-order valence-electron chi connectivity index (χ3n) is 4.01. The van der Waals surface area contributed by atoms with E-state index in [1.807, 2.05) is 12.1 Å². The van der Waals surface area contributed by atoms with Crippen LogP contribution in [-0.2, 0) is 9.59 Å². The van der Waals surface area contributed by atoms with E-state index in [0.29, 0.717) is 17.3 Å². The minimum atomic E-state index is -0.407. The molecular weight excluding hydrogens is 328 g/mol. The second-order valence-corrected chi connectivity index (χ2v) is 5.98. The Balaban J connectivity index is 1.69. The molecule has 1 heterocycles. The maximum absolute atomic E-state index is 12.4. The molecule has 0 unspecified atom stereocenters. The lowest BCUT2D eigenvalue weighted by molar-refractivity contribution is -0.122. The van der Waals surface area contributed by atoms with E-state index in [9.17, 15) is 9.59 Å². The molecule has 2 amide bonds. The molecule has 0 bridgehead atoms. The molecule has 6 heteroatoms. The van der Waals surface area contributed by atoms with E-state index in [1.54, 1.807) is 48.4 Å². The number of methoxy groups -OCH3 is 1. The maximum atomic E-state index is 12.4. The van der Waals surface area contributed by atoms with Crippen LogP contribution in [-0.4, -0.2) is 25.5 Å². The summed E-state index contributed by atoms with van der Waals surface area (Å²) in [6.45, 7) is 0.349. The van der Waals surface area contributed by atoms with Crippen molar-refractivity contribution in [3.63, 3.8) is 0 Å². The fourth-order valence-corrected chi connectivity index (χ4v) is 2.88. The molecule has 3 rings (SSSR count). The highest BCUT2D eigenvalue weighted by atomic mass is 35.5. The average Bonchev–Trinajstić information content (AvgIpc) is 2.99. The highest BCUT2D eigenvalue weighted by Crippen LogP contribution is 2.28. The van der Waals surface area contributed by atoms with Gasteiger partial charge in [-0.25, -0.2) is 0 Å². The SMILES string of the molecule is COc1ccc(N2C[C@H](C(=O)Nc3ccccc3Cl)CC2=O)cc1. The molecule has 5 nitrogen and oxygen atoms in total. The topological polar surface area (TPSA) is 58.6 Å². The first-order chi connectivity index (χ1) is 11.6.